The molecule has 0 aromatic heterocycles. The predicted molar refractivity (Wildman–Crippen MR) is 204 cm³/mol. The molecule has 3 saturated heterocycles. The normalized spacial score (nSPS) is 20.7. The number of ether oxygens (including phenoxy) is 1. The number of nitrogens with one attached hydrogen (secondary N) is 1. The number of likely N-dealkylation sites (tertiary alicyclic amines) is 1. The van der Waals surface area contributed by atoms with Gasteiger partial charge in [0.05, 0.1) is 0 Å². The number of rotatable bonds is 8. The first-order valence-corrected chi connectivity index (χ1v) is 19.8. The van der Waals surface area contributed by atoms with Crippen LogP contribution >= 0.6 is 0 Å². The Kier molecular flexibility index (Phi) is 11.7. The number of anilines is 1. The van der Waals surface area contributed by atoms with E-state index in [1.165, 1.54) is 8.61 Å². The zero-order valence-electron chi connectivity index (χ0n) is 30.8. The number of aromatic hydroxyl groups is 1. The molecule has 2 aromatic rings. The van der Waals surface area contributed by atoms with Crippen molar-refractivity contribution in [1.29, 1.82) is 0 Å². The van der Waals surface area contributed by atoms with Gasteiger partial charge in [-0.25, -0.2) is 9.59 Å². The Morgan fingerprint density at radius 1 is 0.904 bits per heavy atom. The van der Waals surface area contributed by atoms with Crippen molar-refractivity contribution < 1.29 is 32.6 Å². The molecule has 4 heterocycles. The van der Waals surface area contributed by atoms with Crippen LogP contribution in [0.15, 0.2) is 36.4 Å². The summed E-state index contributed by atoms with van der Waals surface area (Å²) < 4.78 is 34.0. The van der Waals surface area contributed by atoms with E-state index in [4.69, 9.17) is 4.74 Å². The van der Waals surface area contributed by atoms with E-state index in [-0.39, 0.29) is 36.2 Å². The van der Waals surface area contributed by atoms with Gasteiger partial charge in [0.15, 0.2) is 6.10 Å². The van der Waals surface area contributed by atoms with Gasteiger partial charge in [0.2, 0.25) is 0 Å². The summed E-state index contributed by atoms with van der Waals surface area (Å²) in [6.07, 6.45) is 2.01. The molecule has 3 fully saturated rings. The highest BCUT2D eigenvalue weighted by molar-refractivity contribution is 7.86. The molecule has 52 heavy (non-hydrogen) atoms. The van der Waals surface area contributed by atoms with E-state index in [1.54, 1.807) is 23.9 Å². The highest BCUT2D eigenvalue weighted by Crippen LogP contribution is 2.26. The van der Waals surface area contributed by atoms with Crippen molar-refractivity contribution in [1.82, 2.24) is 28.2 Å². The number of amides is 4. The van der Waals surface area contributed by atoms with Crippen LogP contribution in [0, 0.1) is 0 Å². The van der Waals surface area contributed by atoms with Crippen LogP contribution in [0.2, 0.25) is 0 Å². The van der Waals surface area contributed by atoms with Gasteiger partial charge < -0.3 is 29.9 Å². The van der Waals surface area contributed by atoms with E-state index >= 15 is 0 Å². The van der Waals surface area contributed by atoms with Crippen molar-refractivity contribution in [3.8, 4) is 5.75 Å². The maximum absolute atomic E-state index is 14.1. The van der Waals surface area contributed by atoms with E-state index in [2.05, 4.69) is 10.2 Å². The number of carbonyl (C=O) groups excluding carboxylic acids is 3. The van der Waals surface area contributed by atoms with Gasteiger partial charge in [-0.15, -0.1) is 0 Å². The van der Waals surface area contributed by atoms with E-state index in [1.807, 2.05) is 57.0 Å². The molecule has 0 aliphatic carbocycles. The molecule has 17 heteroatoms. The Bertz CT molecular complexity index is 1720. The average Bonchev–Trinajstić information content (AvgIpc) is 3.31. The van der Waals surface area contributed by atoms with Gasteiger partial charge in [0.1, 0.15) is 21.4 Å². The van der Waals surface area contributed by atoms with Gasteiger partial charge in [0, 0.05) is 97.2 Å². The van der Waals surface area contributed by atoms with Crippen LogP contribution in [-0.4, -0.2) is 167 Å². The number of piperazine rings is 1. The fourth-order valence-electron chi connectivity index (χ4n) is 8.03. The van der Waals surface area contributed by atoms with Gasteiger partial charge in [0.25, 0.3) is 16.1 Å². The SMILES string of the molecule is Bc1cc(C[C@@H](OC(=O)N2CCC(N3CCc4ccccc4NC3=O)CC2)C(=O)N2CCN(C3CCN(S(=O)(=O)N(C)C)CC3)CC2)cc(B)c1O. The molecule has 4 amide bonds. The Balaban J connectivity index is 1.06. The predicted octanol–water partition coefficient (Wildman–Crippen LogP) is -1.07. The molecule has 14 nitrogen and oxygen atoms in total. The highest BCUT2D eigenvalue weighted by atomic mass is 32.2. The smallest absolute Gasteiger partial charge is 0.410 e. The summed E-state index contributed by atoms with van der Waals surface area (Å²) >= 11 is 0. The standard InChI is InChI=1S/C35H51B2N7O7S/c1-39(2)52(49,50)43-14-10-26(11-15-43)40-17-19-41(20-18-40)33(46)31(23-24-21-28(36)32(45)29(37)22-24)51-35(48)42-12-8-27(9-13-42)44-16-7-25-5-3-4-6-30(25)38-34(44)47/h3-6,21-22,26-27,31,45H,7-20,23,36-37H2,1-2H3,(H,38,47)/t31-/m1/s1. The maximum Gasteiger partial charge on any atom is 0.410 e. The third-order valence-corrected chi connectivity index (χ3v) is 13.1. The minimum Gasteiger partial charge on any atom is -0.509 e. The number of benzene rings is 2. The van der Waals surface area contributed by atoms with Crippen LogP contribution in [0.4, 0.5) is 15.3 Å². The summed E-state index contributed by atoms with van der Waals surface area (Å²) in [7, 11) is 3.27. The minimum atomic E-state index is -3.44. The Morgan fingerprint density at radius 2 is 1.52 bits per heavy atom. The molecule has 0 unspecified atom stereocenters. The lowest BCUT2D eigenvalue weighted by Crippen LogP contribution is -2.57. The van der Waals surface area contributed by atoms with Crippen LogP contribution in [0.1, 0.15) is 36.8 Å². The molecule has 6 rings (SSSR count). The van der Waals surface area contributed by atoms with Crippen LogP contribution < -0.4 is 16.2 Å². The van der Waals surface area contributed by atoms with Crippen molar-refractivity contribution in [3.63, 3.8) is 0 Å². The van der Waals surface area contributed by atoms with E-state index < -0.39 is 22.4 Å². The van der Waals surface area contributed by atoms with Crippen molar-refractivity contribution in [2.45, 2.75) is 56.7 Å². The summed E-state index contributed by atoms with van der Waals surface area (Å²) in [5.41, 5.74) is 4.12. The van der Waals surface area contributed by atoms with Gasteiger partial charge in [-0.1, -0.05) is 30.3 Å². The maximum atomic E-state index is 14.1. The number of fused-ring (bicyclic) bond motifs is 1. The number of carbonyl (C=O) groups is 3. The molecule has 280 valence electrons. The van der Waals surface area contributed by atoms with Crippen molar-refractivity contribution in [2.24, 2.45) is 0 Å². The highest BCUT2D eigenvalue weighted by Gasteiger charge is 2.37. The zero-order valence-corrected chi connectivity index (χ0v) is 31.6. The molecular weight excluding hydrogens is 684 g/mol. The number of hydrogen-bond acceptors (Lipinski definition) is 8. The molecule has 4 aliphatic rings. The van der Waals surface area contributed by atoms with Crippen LogP contribution in [0.5, 0.6) is 5.75 Å². The summed E-state index contributed by atoms with van der Waals surface area (Å²) in [5.74, 6) is -0.0475. The lowest BCUT2D eigenvalue weighted by molar-refractivity contribution is -0.143. The van der Waals surface area contributed by atoms with E-state index in [0.717, 1.165) is 36.1 Å². The van der Waals surface area contributed by atoms with Crippen LogP contribution in [-0.2, 0) is 32.6 Å². The third kappa shape index (κ3) is 8.37. The number of nitrogens with zero attached hydrogens (tertiary/aromatic N) is 6. The summed E-state index contributed by atoms with van der Waals surface area (Å²) in [6.45, 7) is 4.60. The number of phenols is 1. The first-order valence-electron chi connectivity index (χ1n) is 18.4. The molecule has 1 atom stereocenters. The second-order valence-corrected chi connectivity index (χ2v) is 16.8. The quantitative estimate of drug-likeness (QED) is 0.326. The summed E-state index contributed by atoms with van der Waals surface area (Å²) in [5, 5.41) is 13.4. The van der Waals surface area contributed by atoms with Gasteiger partial charge in [-0.05, 0) is 60.2 Å². The van der Waals surface area contributed by atoms with Crippen LogP contribution in [0.25, 0.3) is 0 Å². The topological polar surface area (TPSA) is 146 Å². The first-order chi connectivity index (χ1) is 24.8. The largest absolute Gasteiger partial charge is 0.509 e. The van der Waals surface area contributed by atoms with Crippen molar-refractivity contribution in [2.75, 3.05) is 78.3 Å². The summed E-state index contributed by atoms with van der Waals surface area (Å²) in [6, 6.07) is 11.6. The minimum absolute atomic E-state index is 0.0142. The van der Waals surface area contributed by atoms with Crippen molar-refractivity contribution in [3.05, 3.63) is 47.5 Å². The number of piperidine rings is 2. The number of para-hydroxylation sites is 1. The van der Waals surface area contributed by atoms with Gasteiger partial charge >= 0.3 is 12.1 Å². The molecular formula is C35H51B2N7O7S. The lowest BCUT2D eigenvalue weighted by Gasteiger charge is -2.43. The van der Waals surface area contributed by atoms with E-state index in [0.29, 0.717) is 82.7 Å². The molecule has 2 aromatic carbocycles. The second-order valence-electron chi connectivity index (χ2n) is 14.7. The molecule has 0 bridgehead atoms. The second kappa shape index (κ2) is 16.1. The molecule has 2 N–H and O–H groups in total. The Labute approximate surface area is 309 Å². The summed E-state index contributed by atoms with van der Waals surface area (Å²) in [4.78, 5) is 48.5. The number of urea groups is 1. The van der Waals surface area contributed by atoms with Gasteiger partial charge in [-0.3, -0.25) is 9.69 Å². The fraction of sp³-hybridized carbons (Fsp3) is 0.571. The Hall–Kier alpha value is -3.79. The Morgan fingerprint density at radius 3 is 2.15 bits per heavy atom. The van der Waals surface area contributed by atoms with Crippen LogP contribution in [0.3, 0.4) is 0 Å². The number of phenolic OH excluding ortho intramolecular Hbond substituents is 1. The number of hydrogen-bond donors (Lipinski definition) is 2. The average molecular weight is 736 g/mol. The first kappa shape index (κ1) is 38.0. The fourth-order valence-corrected chi connectivity index (χ4v) is 9.17. The lowest BCUT2D eigenvalue weighted by atomic mass is 9.83. The zero-order chi connectivity index (χ0) is 37.2. The van der Waals surface area contributed by atoms with Crippen molar-refractivity contribution >= 4 is 60.5 Å². The van der Waals surface area contributed by atoms with E-state index in [9.17, 15) is 27.9 Å². The molecule has 4 aliphatic heterocycles. The monoisotopic (exact) mass is 735 g/mol. The molecule has 0 spiro atoms. The molecule has 0 radical (unpaired) electrons. The van der Waals surface area contributed by atoms with Gasteiger partial charge in [-0.2, -0.15) is 17.0 Å². The third-order valence-electron chi connectivity index (χ3n) is 11.1. The molecule has 0 saturated carbocycles.